The summed E-state index contributed by atoms with van der Waals surface area (Å²) in [6.45, 7) is 0. The molecule has 234 valence electrons. The molecule has 0 saturated heterocycles. The smallest absolute Gasteiger partial charge is 0.238 e. The zero-order valence-corrected chi connectivity index (χ0v) is 26.9. The molecule has 5 heteroatoms. The molecule has 0 N–H and O–H groups in total. The number of aromatic nitrogens is 4. The Morgan fingerprint density at radius 3 is 1.62 bits per heavy atom. The second-order valence-electron chi connectivity index (χ2n) is 12.5. The van der Waals surface area contributed by atoms with Gasteiger partial charge in [0.05, 0.1) is 11.0 Å². The van der Waals surface area contributed by atoms with Gasteiger partial charge in [-0.15, -0.1) is 0 Å². The highest BCUT2D eigenvalue weighted by Crippen LogP contribution is 2.38. The quantitative estimate of drug-likeness (QED) is 0.188. The summed E-state index contributed by atoms with van der Waals surface area (Å²) in [4.78, 5) is 15.6. The molecule has 0 fully saturated rings. The van der Waals surface area contributed by atoms with E-state index in [0.717, 1.165) is 77.1 Å². The highest BCUT2D eigenvalue weighted by Gasteiger charge is 2.19. The van der Waals surface area contributed by atoms with E-state index in [2.05, 4.69) is 144 Å². The molecule has 50 heavy (non-hydrogen) atoms. The molecule has 3 aromatic heterocycles. The molecule has 0 amide bonds. The van der Waals surface area contributed by atoms with E-state index in [1.165, 1.54) is 0 Å². The topological polar surface area (TPSA) is 56.7 Å². The van der Waals surface area contributed by atoms with E-state index in [-0.39, 0.29) is 0 Å². The van der Waals surface area contributed by atoms with Crippen LogP contribution in [0.5, 0.6) is 0 Å². The lowest BCUT2D eigenvalue weighted by molar-refractivity contribution is 0.669. The maximum atomic E-state index is 6.23. The third-order valence-electron chi connectivity index (χ3n) is 9.47. The number of benzene rings is 7. The van der Waals surface area contributed by atoms with E-state index >= 15 is 0 Å². The molecular weight excluding hydrogens is 613 g/mol. The molecule has 0 unspecified atom stereocenters. The Hall–Kier alpha value is -6.85. The van der Waals surface area contributed by atoms with Crippen LogP contribution in [0.4, 0.5) is 0 Å². The molecule has 0 atom stereocenters. The molecular formula is C45H28N4O. The third kappa shape index (κ3) is 4.60. The van der Waals surface area contributed by atoms with Crippen LogP contribution in [-0.4, -0.2) is 19.5 Å². The summed E-state index contributed by atoms with van der Waals surface area (Å²) in [6.07, 6.45) is 0. The van der Waals surface area contributed by atoms with Gasteiger partial charge in [0.15, 0.2) is 11.6 Å². The minimum absolute atomic E-state index is 0.570. The van der Waals surface area contributed by atoms with Crippen LogP contribution in [0.1, 0.15) is 0 Å². The second kappa shape index (κ2) is 11.4. The van der Waals surface area contributed by atoms with E-state index in [9.17, 15) is 0 Å². The molecule has 10 rings (SSSR count). The summed E-state index contributed by atoms with van der Waals surface area (Å²) in [6, 6.07) is 58.6. The first kappa shape index (κ1) is 28.2. The van der Waals surface area contributed by atoms with Gasteiger partial charge in [0.2, 0.25) is 5.95 Å². The Morgan fingerprint density at radius 1 is 0.380 bits per heavy atom. The molecule has 0 radical (unpaired) electrons. The van der Waals surface area contributed by atoms with Gasteiger partial charge in [0, 0.05) is 32.7 Å². The molecule has 0 spiro atoms. The van der Waals surface area contributed by atoms with Crippen LogP contribution < -0.4 is 0 Å². The Labute approximate surface area is 287 Å². The minimum Gasteiger partial charge on any atom is -0.456 e. The molecule has 0 aliphatic rings. The van der Waals surface area contributed by atoms with Crippen molar-refractivity contribution in [2.75, 3.05) is 0 Å². The number of hydrogen-bond acceptors (Lipinski definition) is 4. The number of furan rings is 1. The fourth-order valence-corrected chi connectivity index (χ4v) is 7.17. The van der Waals surface area contributed by atoms with Crippen LogP contribution in [0, 0.1) is 0 Å². The van der Waals surface area contributed by atoms with Crippen molar-refractivity contribution in [1.29, 1.82) is 0 Å². The van der Waals surface area contributed by atoms with Gasteiger partial charge in [0.25, 0.3) is 0 Å². The first-order valence-corrected chi connectivity index (χ1v) is 16.7. The first-order valence-electron chi connectivity index (χ1n) is 16.7. The third-order valence-corrected chi connectivity index (χ3v) is 9.47. The first-order chi connectivity index (χ1) is 24.8. The van der Waals surface area contributed by atoms with Gasteiger partial charge >= 0.3 is 0 Å². The molecule has 5 nitrogen and oxygen atoms in total. The van der Waals surface area contributed by atoms with Crippen LogP contribution in [0.2, 0.25) is 0 Å². The van der Waals surface area contributed by atoms with Crippen molar-refractivity contribution in [3.63, 3.8) is 0 Å². The van der Waals surface area contributed by atoms with Crippen LogP contribution in [0.25, 0.3) is 94.7 Å². The number of para-hydroxylation sites is 3. The van der Waals surface area contributed by atoms with Gasteiger partial charge in [-0.1, -0.05) is 133 Å². The Bertz CT molecular complexity index is 2830. The van der Waals surface area contributed by atoms with Crippen LogP contribution in [0.15, 0.2) is 174 Å². The molecule has 0 saturated carbocycles. The number of hydrogen-bond donors (Lipinski definition) is 0. The molecule has 0 bridgehead atoms. The van der Waals surface area contributed by atoms with Crippen molar-refractivity contribution in [1.82, 2.24) is 19.5 Å². The highest BCUT2D eigenvalue weighted by atomic mass is 16.3. The van der Waals surface area contributed by atoms with Crippen molar-refractivity contribution < 1.29 is 4.42 Å². The zero-order valence-electron chi connectivity index (χ0n) is 26.9. The summed E-state index contributed by atoms with van der Waals surface area (Å²) < 4.78 is 8.38. The fourth-order valence-electron chi connectivity index (χ4n) is 7.17. The Morgan fingerprint density at radius 2 is 0.900 bits per heavy atom. The SMILES string of the molecule is c1ccc(-c2cccc(-c3nc(-c4cccc(-c5cccc6oc7ccccc7c56)c4)nc(-n4c5ccccc5c5ccccc54)n3)c2)cc1. The molecule has 3 heterocycles. The van der Waals surface area contributed by atoms with Gasteiger partial charge in [-0.05, 0) is 58.7 Å². The van der Waals surface area contributed by atoms with Crippen LogP contribution in [-0.2, 0) is 0 Å². The van der Waals surface area contributed by atoms with Crippen LogP contribution in [0.3, 0.4) is 0 Å². The van der Waals surface area contributed by atoms with Crippen LogP contribution >= 0.6 is 0 Å². The monoisotopic (exact) mass is 640 g/mol. The van der Waals surface area contributed by atoms with E-state index in [1.54, 1.807) is 0 Å². The molecule has 0 aliphatic carbocycles. The molecule has 10 aromatic rings. The lowest BCUT2D eigenvalue weighted by Crippen LogP contribution is -2.06. The van der Waals surface area contributed by atoms with E-state index < -0.39 is 0 Å². The summed E-state index contributed by atoms with van der Waals surface area (Å²) in [5, 5.41) is 4.50. The van der Waals surface area contributed by atoms with Crippen molar-refractivity contribution in [2.45, 2.75) is 0 Å². The van der Waals surface area contributed by atoms with Crippen molar-refractivity contribution in [2.24, 2.45) is 0 Å². The maximum absolute atomic E-state index is 6.23. The average molecular weight is 641 g/mol. The number of nitrogens with zero attached hydrogens (tertiary/aromatic N) is 4. The van der Waals surface area contributed by atoms with Gasteiger partial charge in [0.1, 0.15) is 11.2 Å². The van der Waals surface area contributed by atoms with Crippen molar-refractivity contribution in [3.8, 4) is 51.0 Å². The second-order valence-corrected chi connectivity index (χ2v) is 12.5. The van der Waals surface area contributed by atoms with Gasteiger partial charge in [-0.25, -0.2) is 4.98 Å². The van der Waals surface area contributed by atoms with Gasteiger partial charge in [-0.2, -0.15) is 9.97 Å². The predicted molar refractivity (Wildman–Crippen MR) is 203 cm³/mol. The van der Waals surface area contributed by atoms with E-state index in [1.807, 2.05) is 30.3 Å². The summed E-state index contributed by atoms with van der Waals surface area (Å²) in [5.74, 6) is 1.78. The highest BCUT2D eigenvalue weighted by molar-refractivity contribution is 6.12. The predicted octanol–water partition coefficient (Wildman–Crippen LogP) is 11.5. The number of fused-ring (bicyclic) bond motifs is 6. The van der Waals surface area contributed by atoms with Crippen molar-refractivity contribution in [3.05, 3.63) is 170 Å². The number of rotatable bonds is 5. The maximum Gasteiger partial charge on any atom is 0.238 e. The molecule has 0 aliphatic heterocycles. The zero-order chi connectivity index (χ0) is 33.0. The lowest BCUT2D eigenvalue weighted by atomic mass is 9.98. The summed E-state index contributed by atoms with van der Waals surface area (Å²) in [5.41, 5.74) is 10.0. The normalized spacial score (nSPS) is 11.6. The van der Waals surface area contributed by atoms with Gasteiger partial charge in [-0.3, -0.25) is 4.57 Å². The fraction of sp³-hybridized carbons (Fsp3) is 0. The van der Waals surface area contributed by atoms with Crippen molar-refractivity contribution >= 4 is 43.7 Å². The minimum atomic E-state index is 0.570. The molecule has 7 aromatic carbocycles. The summed E-state index contributed by atoms with van der Waals surface area (Å²) >= 11 is 0. The van der Waals surface area contributed by atoms with E-state index in [0.29, 0.717) is 17.6 Å². The summed E-state index contributed by atoms with van der Waals surface area (Å²) in [7, 11) is 0. The Kier molecular flexibility index (Phi) is 6.42. The standard InChI is InChI=1S/C45H28N4O/c1-2-13-29(14-3-1)30-15-10-17-32(27-30)43-46-44(48-45(47-43)49-38-23-7-4-19-35(38)36-20-5-8-24-39(36)49)33-18-11-16-31(28-33)34-22-12-26-41-42(34)37-21-6-9-25-40(37)50-41/h1-28H. The largest absolute Gasteiger partial charge is 0.456 e. The Balaban J connectivity index is 1.20. The lowest BCUT2D eigenvalue weighted by Gasteiger charge is -2.12. The average Bonchev–Trinajstić information content (AvgIpc) is 3.74. The van der Waals surface area contributed by atoms with E-state index in [4.69, 9.17) is 19.4 Å². The van der Waals surface area contributed by atoms with Gasteiger partial charge < -0.3 is 4.42 Å².